The monoisotopic (exact) mass is 385 g/mol. The van der Waals surface area contributed by atoms with Crippen molar-refractivity contribution >= 4 is 22.7 Å². The second-order valence-electron chi connectivity index (χ2n) is 6.57. The van der Waals surface area contributed by atoms with Gasteiger partial charge in [0.1, 0.15) is 11.6 Å². The summed E-state index contributed by atoms with van der Waals surface area (Å²) in [5.41, 5.74) is 7.76. The number of nitrogens with two attached hydrogens (primary N) is 1. The molecule has 0 aliphatic rings. The van der Waals surface area contributed by atoms with E-state index in [1.165, 1.54) is 12.1 Å². The molecule has 2 aromatic carbocycles. The summed E-state index contributed by atoms with van der Waals surface area (Å²) < 4.78 is 23.9. The van der Waals surface area contributed by atoms with Crippen molar-refractivity contribution in [2.24, 2.45) is 0 Å². The van der Waals surface area contributed by atoms with Crippen molar-refractivity contribution in [1.29, 1.82) is 0 Å². The van der Waals surface area contributed by atoms with Crippen LogP contribution in [0.4, 0.5) is 16.2 Å². The largest absolute Gasteiger partial charge is 0.493 e. The molecule has 0 amide bonds. The first-order valence-corrected chi connectivity index (χ1v) is 8.78. The minimum Gasteiger partial charge on any atom is -0.493 e. The Morgan fingerprint density at radius 3 is 2.32 bits per heavy atom. The first-order valence-electron chi connectivity index (χ1n) is 8.78. The average molecular weight is 385 g/mol. The fraction of sp³-hybridized carbons (Fsp3) is 0.300. The predicted octanol–water partition coefficient (Wildman–Crippen LogP) is 3.08. The second-order valence-corrected chi connectivity index (χ2v) is 6.57. The van der Waals surface area contributed by atoms with Gasteiger partial charge in [0, 0.05) is 18.0 Å². The molecule has 0 saturated heterocycles. The number of likely N-dealkylation sites (N-methyl/N-ethyl adjacent to an activating group) is 1. The number of nitrogen functional groups attached to an aromatic ring is 1. The van der Waals surface area contributed by atoms with Gasteiger partial charge in [-0.05, 0) is 37.9 Å². The number of anilines is 2. The van der Waals surface area contributed by atoms with Crippen LogP contribution in [0.3, 0.4) is 0 Å². The third-order valence-electron chi connectivity index (χ3n) is 4.56. The average Bonchev–Trinajstić information content (AvgIpc) is 2.68. The maximum absolute atomic E-state index is 13.2. The molecule has 28 heavy (non-hydrogen) atoms. The van der Waals surface area contributed by atoms with Crippen molar-refractivity contribution < 1.29 is 13.9 Å². The van der Waals surface area contributed by atoms with Gasteiger partial charge in [-0.1, -0.05) is 12.1 Å². The van der Waals surface area contributed by atoms with Gasteiger partial charge in [-0.2, -0.15) is 4.98 Å². The molecule has 1 heterocycles. The minimum absolute atomic E-state index is 0.00604. The zero-order valence-corrected chi connectivity index (χ0v) is 16.4. The zero-order chi connectivity index (χ0) is 20.3. The topological polar surface area (TPSA) is 85.5 Å². The second kappa shape index (κ2) is 8.26. The van der Waals surface area contributed by atoms with Crippen LogP contribution < -0.4 is 20.5 Å². The SMILES string of the molecule is COc1cc2nc(NCC(c3ccc(F)cc3)N(C)C)nc(N)c2cc1OC. The number of hydrogen-bond donors (Lipinski definition) is 2. The van der Waals surface area contributed by atoms with Crippen molar-refractivity contribution in [2.45, 2.75) is 6.04 Å². The molecule has 0 radical (unpaired) electrons. The molecule has 1 unspecified atom stereocenters. The lowest BCUT2D eigenvalue weighted by Gasteiger charge is -2.25. The Bertz CT molecular complexity index is 963. The molecule has 3 rings (SSSR count). The van der Waals surface area contributed by atoms with Gasteiger partial charge in [-0.25, -0.2) is 9.37 Å². The summed E-state index contributed by atoms with van der Waals surface area (Å²) in [4.78, 5) is 10.9. The van der Waals surface area contributed by atoms with Crippen molar-refractivity contribution in [3.63, 3.8) is 0 Å². The number of hydrogen-bond acceptors (Lipinski definition) is 7. The van der Waals surface area contributed by atoms with E-state index in [1.54, 1.807) is 38.5 Å². The number of fused-ring (bicyclic) bond motifs is 1. The molecule has 1 atom stereocenters. The van der Waals surface area contributed by atoms with Crippen LogP contribution in [0.15, 0.2) is 36.4 Å². The van der Waals surface area contributed by atoms with Gasteiger partial charge in [0.2, 0.25) is 5.95 Å². The number of methoxy groups -OCH3 is 2. The number of rotatable bonds is 7. The van der Waals surface area contributed by atoms with Gasteiger partial charge < -0.3 is 25.4 Å². The highest BCUT2D eigenvalue weighted by Gasteiger charge is 2.16. The maximum atomic E-state index is 13.2. The van der Waals surface area contributed by atoms with E-state index in [1.807, 2.05) is 19.0 Å². The van der Waals surface area contributed by atoms with Crippen molar-refractivity contribution in [2.75, 3.05) is 45.9 Å². The number of nitrogens with zero attached hydrogens (tertiary/aromatic N) is 3. The van der Waals surface area contributed by atoms with E-state index in [0.717, 1.165) is 5.56 Å². The molecular formula is C20H24FN5O2. The standard InChI is InChI=1S/C20H24FN5O2/c1-26(2)16(12-5-7-13(21)8-6-12)11-23-20-24-15-10-18(28-4)17(27-3)9-14(15)19(22)25-20/h5-10,16H,11H2,1-4H3,(H3,22,23,24,25). The van der Waals surface area contributed by atoms with Gasteiger partial charge in [0.05, 0.1) is 25.8 Å². The van der Waals surface area contributed by atoms with Crippen LogP contribution in [-0.4, -0.2) is 49.7 Å². The molecular weight excluding hydrogens is 361 g/mol. The Labute approximate surface area is 163 Å². The lowest BCUT2D eigenvalue weighted by Crippen LogP contribution is -2.27. The highest BCUT2D eigenvalue weighted by Crippen LogP contribution is 2.33. The number of benzene rings is 2. The minimum atomic E-state index is -0.260. The number of nitrogens with one attached hydrogen (secondary N) is 1. The van der Waals surface area contributed by atoms with Gasteiger partial charge in [-0.15, -0.1) is 0 Å². The zero-order valence-electron chi connectivity index (χ0n) is 16.4. The van der Waals surface area contributed by atoms with Crippen molar-refractivity contribution in [1.82, 2.24) is 14.9 Å². The van der Waals surface area contributed by atoms with E-state index < -0.39 is 0 Å². The van der Waals surface area contributed by atoms with Crippen LogP contribution in [0.25, 0.3) is 10.9 Å². The van der Waals surface area contributed by atoms with Crippen LogP contribution in [0.2, 0.25) is 0 Å². The summed E-state index contributed by atoms with van der Waals surface area (Å²) >= 11 is 0. The Kier molecular flexibility index (Phi) is 5.79. The van der Waals surface area contributed by atoms with E-state index in [4.69, 9.17) is 15.2 Å². The van der Waals surface area contributed by atoms with E-state index in [-0.39, 0.29) is 11.9 Å². The fourth-order valence-electron chi connectivity index (χ4n) is 3.03. The molecule has 0 aliphatic carbocycles. The molecule has 3 N–H and O–H groups in total. The predicted molar refractivity (Wildman–Crippen MR) is 108 cm³/mol. The molecule has 0 saturated carbocycles. The summed E-state index contributed by atoms with van der Waals surface area (Å²) in [6.45, 7) is 0.525. The molecule has 8 heteroatoms. The Hall–Kier alpha value is -3.13. The van der Waals surface area contributed by atoms with Crippen LogP contribution in [0.1, 0.15) is 11.6 Å². The van der Waals surface area contributed by atoms with Gasteiger partial charge in [0.15, 0.2) is 11.5 Å². The molecule has 0 bridgehead atoms. The first-order chi connectivity index (χ1) is 13.4. The highest BCUT2D eigenvalue weighted by atomic mass is 19.1. The molecule has 7 nitrogen and oxygen atoms in total. The summed E-state index contributed by atoms with van der Waals surface area (Å²) in [5, 5.41) is 3.91. The van der Waals surface area contributed by atoms with Crippen molar-refractivity contribution in [3.8, 4) is 11.5 Å². The Balaban J connectivity index is 1.87. The van der Waals surface area contributed by atoms with Crippen LogP contribution in [0.5, 0.6) is 11.5 Å². The van der Waals surface area contributed by atoms with E-state index in [9.17, 15) is 4.39 Å². The van der Waals surface area contributed by atoms with Crippen molar-refractivity contribution in [3.05, 3.63) is 47.8 Å². The Morgan fingerprint density at radius 2 is 1.71 bits per heavy atom. The molecule has 1 aromatic heterocycles. The molecule has 3 aromatic rings. The quantitative estimate of drug-likeness (QED) is 0.646. The highest BCUT2D eigenvalue weighted by molar-refractivity contribution is 5.91. The van der Waals surface area contributed by atoms with Crippen LogP contribution in [0, 0.1) is 5.82 Å². The van der Waals surface area contributed by atoms with Crippen LogP contribution in [-0.2, 0) is 0 Å². The third-order valence-corrected chi connectivity index (χ3v) is 4.56. The van der Waals surface area contributed by atoms with Gasteiger partial charge in [-0.3, -0.25) is 0 Å². The lowest BCUT2D eigenvalue weighted by molar-refractivity contribution is 0.311. The smallest absolute Gasteiger partial charge is 0.225 e. The summed E-state index contributed by atoms with van der Waals surface area (Å²) in [7, 11) is 7.05. The van der Waals surface area contributed by atoms with Gasteiger partial charge >= 0.3 is 0 Å². The van der Waals surface area contributed by atoms with Crippen LogP contribution >= 0.6 is 0 Å². The number of aromatic nitrogens is 2. The van der Waals surface area contributed by atoms with E-state index in [2.05, 4.69) is 15.3 Å². The molecule has 0 fully saturated rings. The van der Waals surface area contributed by atoms with E-state index in [0.29, 0.717) is 40.7 Å². The Morgan fingerprint density at radius 1 is 1.07 bits per heavy atom. The normalized spacial score (nSPS) is 12.2. The summed E-state index contributed by atoms with van der Waals surface area (Å²) in [6, 6.07) is 9.98. The number of halogens is 1. The maximum Gasteiger partial charge on any atom is 0.225 e. The molecule has 148 valence electrons. The molecule has 0 spiro atoms. The van der Waals surface area contributed by atoms with Gasteiger partial charge in [0.25, 0.3) is 0 Å². The first kappa shape index (κ1) is 19.6. The molecule has 0 aliphatic heterocycles. The van der Waals surface area contributed by atoms with E-state index >= 15 is 0 Å². The fourth-order valence-corrected chi connectivity index (χ4v) is 3.03. The third kappa shape index (κ3) is 4.07. The summed E-state index contributed by atoms with van der Waals surface area (Å²) in [5.74, 6) is 1.62. The summed E-state index contributed by atoms with van der Waals surface area (Å²) in [6.07, 6.45) is 0. The number of ether oxygens (including phenoxy) is 2. The lowest BCUT2D eigenvalue weighted by atomic mass is 10.1.